The van der Waals surface area contributed by atoms with Crippen LogP contribution >= 0.6 is 23.1 Å². The number of carbonyl (C=O) groups is 1. The standard InChI is InChI=1S/C25H24N2O2S2/c1-29-20-13-15-21(16-14-20)30-17-7-12-24(28)27(18-19-8-3-2-4-9-19)25-26-22-10-5-6-11-23(22)31-25/h2-6,8-11,13-16H,7,12,17-18H2,1H3. The number of thioether (sulfide) groups is 1. The molecule has 1 aromatic heterocycles. The van der Waals surface area contributed by atoms with E-state index in [-0.39, 0.29) is 5.91 Å². The van der Waals surface area contributed by atoms with Crippen LogP contribution in [0.5, 0.6) is 5.75 Å². The quantitative estimate of drug-likeness (QED) is 0.219. The minimum atomic E-state index is 0.109. The molecule has 0 fully saturated rings. The molecule has 158 valence electrons. The van der Waals surface area contributed by atoms with Gasteiger partial charge >= 0.3 is 0 Å². The third kappa shape index (κ3) is 5.66. The van der Waals surface area contributed by atoms with E-state index >= 15 is 0 Å². The molecule has 4 rings (SSSR count). The van der Waals surface area contributed by atoms with E-state index in [1.54, 1.807) is 30.2 Å². The molecule has 0 aliphatic heterocycles. The molecular weight excluding hydrogens is 424 g/mol. The maximum atomic E-state index is 13.2. The van der Waals surface area contributed by atoms with Gasteiger partial charge in [-0.05, 0) is 54.1 Å². The molecule has 31 heavy (non-hydrogen) atoms. The molecule has 0 N–H and O–H groups in total. The number of rotatable bonds is 9. The summed E-state index contributed by atoms with van der Waals surface area (Å²) >= 11 is 3.33. The molecule has 6 heteroatoms. The predicted molar refractivity (Wildman–Crippen MR) is 130 cm³/mol. The van der Waals surface area contributed by atoms with Gasteiger partial charge in [0.1, 0.15) is 5.75 Å². The highest BCUT2D eigenvalue weighted by Gasteiger charge is 2.20. The number of hydrogen-bond donors (Lipinski definition) is 0. The maximum Gasteiger partial charge on any atom is 0.229 e. The van der Waals surface area contributed by atoms with Crippen molar-refractivity contribution in [3.63, 3.8) is 0 Å². The smallest absolute Gasteiger partial charge is 0.229 e. The van der Waals surface area contributed by atoms with Crippen LogP contribution in [0.1, 0.15) is 18.4 Å². The van der Waals surface area contributed by atoms with Crippen molar-refractivity contribution < 1.29 is 9.53 Å². The normalized spacial score (nSPS) is 10.9. The zero-order valence-corrected chi connectivity index (χ0v) is 19.0. The summed E-state index contributed by atoms with van der Waals surface area (Å²) in [4.78, 5) is 20.9. The molecule has 0 unspecified atom stereocenters. The Kier molecular flexibility index (Phi) is 7.22. The van der Waals surface area contributed by atoms with E-state index in [0.717, 1.165) is 38.8 Å². The van der Waals surface area contributed by atoms with Gasteiger partial charge in [-0.1, -0.05) is 53.8 Å². The average Bonchev–Trinajstić information content (AvgIpc) is 3.25. The molecule has 0 saturated heterocycles. The SMILES string of the molecule is COc1ccc(SCCCC(=O)N(Cc2ccccc2)c2nc3ccccc3s2)cc1. The summed E-state index contributed by atoms with van der Waals surface area (Å²) in [5.41, 5.74) is 2.03. The van der Waals surface area contributed by atoms with Crippen molar-refractivity contribution in [2.75, 3.05) is 17.8 Å². The largest absolute Gasteiger partial charge is 0.497 e. The molecule has 0 aliphatic carbocycles. The lowest BCUT2D eigenvalue weighted by atomic mass is 10.2. The number of nitrogens with zero attached hydrogens (tertiary/aromatic N) is 2. The van der Waals surface area contributed by atoms with Crippen LogP contribution in [-0.2, 0) is 11.3 Å². The minimum Gasteiger partial charge on any atom is -0.497 e. The van der Waals surface area contributed by atoms with Crippen molar-refractivity contribution in [2.24, 2.45) is 0 Å². The van der Waals surface area contributed by atoms with Crippen LogP contribution in [-0.4, -0.2) is 23.8 Å². The van der Waals surface area contributed by atoms with Crippen LogP contribution in [0.25, 0.3) is 10.2 Å². The molecule has 0 radical (unpaired) electrons. The van der Waals surface area contributed by atoms with E-state index in [9.17, 15) is 4.79 Å². The van der Waals surface area contributed by atoms with Gasteiger partial charge in [0, 0.05) is 11.3 Å². The van der Waals surface area contributed by atoms with Crippen LogP contribution in [0.2, 0.25) is 0 Å². The molecule has 4 aromatic rings. The monoisotopic (exact) mass is 448 g/mol. The van der Waals surface area contributed by atoms with Gasteiger partial charge in [0.05, 0.1) is 23.9 Å². The summed E-state index contributed by atoms with van der Waals surface area (Å²) in [6.45, 7) is 0.533. The van der Waals surface area contributed by atoms with Gasteiger partial charge in [0.15, 0.2) is 5.13 Å². The summed E-state index contributed by atoms with van der Waals surface area (Å²) in [5, 5.41) is 0.762. The maximum absolute atomic E-state index is 13.2. The second-order valence-electron chi connectivity index (χ2n) is 7.06. The summed E-state index contributed by atoms with van der Waals surface area (Å²) in [6, 6.07) is 26.1. The van der Waals surface area contributed by atoms with Crippen LogP contribution in [0.4, 0.5) is 5.13 Å². The third-order valence-corrected chi connectivity index (χ3v) is 7.02. The number of amides is 1. The lowest BCUT2D eigenvalue weighted by molar-refractivity contribution is -0.118. The zero-order chi connectivity index (χ0) is 21.5. The molecule has 1 heterocycles. The van der Waals surface area contributed by atoms with Crippen molar-refractivity contribution in [1.82, 2.24) is 4.98 Å². The van der Waals surface area contributed by atoms with Gasteiger partial charge in [0.25, 0.3) is 0 Å². The topological polar surface area (TPSA) is 42.4 Å². The molecule has 0 spiro atoms. The zero-order valence-electron chi connectivity index (χ0n) is 17.4. The molecule has 0 aliphatic rings. The number of aromatic nitrogens is 1. The fourth-order valence-electron chi connectivity index (χ4n) is 3.22. The Balaban J connectivity index is 1.42. The Bertz CT molecular complexity index is 1090. The molecule has 1 amide bonds. The Hall–Kier alpha value is -2.83. The lowest BCUT2D eigenvalue weighted by Crippen LogP contribution is -2.30. The molecule has 0 atom stereocenters. The van der Waals surface area contributed by atoms with Gasteiger partial charge in [-0.2, -0.15) is 0 Å². The number of methoxy groups -OCH3 is 1. The van der Waals surface area contributed by atoms with E-state index in [2.05, 4.69) is 0 Å². The lowest BCUT2D eigenvalue weighted by Gasteiger charge is -2.20. The Morgan fingerprint density at radius 2 is 1.74 bits per heavy atom. The van der Waals surface area contributed by atoms with Crippen molar-refractivity contribution in [3.05, 3.63) is 84.4 Å². The van der Waals surface area contributed by atoms with E-state index in [0.29, 0.717) is 13.0 Å². The van der Waals surface area contributed by atoms with Crippen LogP contribution < -0.4 is 9.64 Å². The predicted octanol–water partition coefficient (Wildman–Crippen LogP) is 6.41. The summed E-state index contributed by atoms with van der Waals surface area (Å²) < 4.78 is 6.30. The fraction of sp³-hybridized carbons (Fsp3) is 0.200. The number of fused-ring (bicyclic) bond motifs is 1. The van der Waals surface area contributed by atoms with Crippen molar-refractivity contribution >= 4 is 44.4 Å². The first-order valence-electron chi connectivity index (χ1n) is 10.2. The number of carbonyl (C=O) groups excluding carboxylic acids is 1. The number of benzene rings is 3. The first-order chi connectivity index (χ1) is 15.2. The van der Waals surface area contributed by atoms with Crippen molar-refractivity contribution in [1.29, 1.82) is 0 Å². The second kappa shape index (κ2) is 10.5. The fourth-order valence-corrected chi connectivity index (χ4v) is 5.06. The van der Waals surface area contributed by atoms with E-state index in [1.807, 2.05) is 83.8 Å². The van der Waals surface area contributed by atoms with Crippen molar-refractivity contribution in [3.8, 4) is 5.75 Å². The molecule has 3 aromatic carbocycles. The number of ether oxygens (including phenoxy) is 1. The van der Waals surface area contributed by atoms with Gasteiger partial charge < -0.3 is 4.74 Å². The third-order valence-electron chi connectivity index (χ3n) is 4.86. The minimum absolute atomic E-state index is 0.109. The van der Waals surface area contributed by atoms with Gasteiger partial charge in [0.2, 0.25) is 5.91 Å². The second-order valence-corrected chi connectivity index (χ2v) is 9.23. The molecule has 0 bridgehead atoms. The Labute approximate surface area is 190 Å². The Morgan fingerprint density at radius 3 is 2.48 bits per heavy atom. The van der Waals surface area contributed by atoms with E-state index < -0.39 is 0 Å². The summed E-state index contributed by atoms with van der Waals surface area (Å²) in [7, 11) is 1.67. The highest BCUT2D eigenvalue weighted by molar-refractivity contribution is 7.99. The first kappa shape index (κ1) is 21.4. The van der Waals surface area contributed by atoms with Crippen molar-refractivity contribution in [2.45, 2.75) is 24.3 Å². The first-order valence-corrected chi connectivity index (χ1v) is 12.0. The van der Waals surface area contributed by atoms with E-state index in [1.165, 1.54) is 4.90 Å². The molecule has 4 nitrogen and oxygen atoms in total. The van der Waals surface area contributed by atoms with Gasteiger partial charge in [-0.15, -0.1) is 11.8 Å². The average molecular weight is 449 g/mol. The number of para-hydroxylation sites is 1. The van der Waals surface area contributed by atoms with Crippen LogP contribution in [0.15, 0.2) is 83.8 Å². The highest BCUT2D eigenvalue weighted by atomic mass is 32.2. The summed E-state index contributed by atoms with van der Waals surface area (Å²) in [6.07, 6.45) is 1.30. The number of anilines is 1. The number of hydrogen-bond acceptors (Lipinski definition) is 5. The summed E-state index contributed by atoms with van der Waals surface area (Å²) in [5.74, 6) is 1.85. The Morgan fingerprint density at radius 1 is 1.00 bits per heavy atom. The highest BCUT2D eigenvalue weighted by Crippen LogP contribution is 2.30. The number of thiazole rings is 1. The van der Waals surface area contributed by atoms with Gasteiger partial charge in [-0.3, -0.25) is 9.69 Å². The van der Waals surface area contributed by atoms with Crippen LogP contribution in [0, 0.1) is 0 Å². The molecular formula is C25H24N2O2S2. The van der Waals surface area contributed by atoms with E-state index in [4.69, 9.17) is 9.72 Å². The van der Waals surface area contributed by atoms with Crippen LogP contribution in [0.3, 0.4) is 0 Å². The molecule has 0 saturated carbocycles. The van der Waals surface area contributed by atoms with Gasteiger partial charge in [-0.25, -0.2) is 4.98 Å².